The molecule has 4 heteroatoms. The number of esters is 2. The molecule has 0 spiro atoms. The van der Waals surface area contributed by atoms with E-state index in [1.807, 2.05) is 0 Å². The van der Waals surface area contributed by atoms with Crippen LogP contribution in [0.2, 0.25) is 0 Å². The molecule has 116 valence electrons. The Morgan fingerprint density at radius 3 is 2.00 bits per heavy atom. The summed E-state index contributed by atoms with van der Waals surface area (Å²) in [5, 5.41) is 0. The lowest BCUT2D eigenvalue weighted by Gasteiger charge is -2.31. The Labute approximate surface area is 122 Å². The van der Waals surface area contributed by atoms with Gasteiger partial charge in [0.05, 0.1) is 14.2 Å². The van der Waals surface area contributed by atoms with Crippen molar-refractivity contribution in [1.82, 2.24) is 0 Å². The number of rotatable bonds is 7. The number of carbonyl (C=O) groups is 2. The van der Waals surface area contributed by atoms with Gasteiger partial charge in [0.25, 0.3) is 0 Å². The zero-order chi connectivity index (χ0) is 15.0. The number of hydrogen-bond acceptors (Lipinski definition) is 4. The molecule has 0 aliphatic heterocycles. The van der Waals surface area contributed by atoms with Gasteiger partial charge in [-0.3, -0.25) is 9.59 Å². The highest BCUT2D eigenvalue weighted by atomic mass is 16.5. The molecule has 0 atom stereocenters. The van der Waals surface area contributed by atoms with E-state index in [0.29, 0.717) is 0 Å². The van der Waals surface area contributed by atoms with Gasteiger partial charge in [0, 0.05) is 0 Å². The van der Waals surface area contributed by atoms with E-state index in [1.54, 1.807) is 0 Å². The fraction of sp³-hybridized carbons (Fsp3) is 0.875. The van der Waals surface area contributed by atoms with Gasteiger partial charge in [0.2, 0.25) is 0 Å². The molecule has 0 unspecified atom stereocenters. The average Bonchev–Trinajstić information content (AvgIpc) is 2.48. The van der Waals surface area contributed by atoms with Crippen molar-refractivity contribution in [2.75, 3.05) is 14.2 Å². The molecule has 0 amide bonds. The van der Waals surface area contributed by atoms with Crippen LogP contribution in [-0.4, -0.2) is 26.2 Å². The predicted molar refractivity (Wildman–Crippen MR) is 77.1 cm³/mol. The van der Waals surface area contributed by atoms with E-state index in [9.17, 15) is 9.59 Å². The summed E-state index contributed by atoms with van der Waals surface area (Å²) in [5.74, 6) is -0.801. The molecule has 0 radical (unpaired) electrons. The molecule has 4 nitrogen and oxygen atoms in total. The van der Waals surface area contributed by atoms with Crippen LogP contribution < -0.4 is 0 Å². The van der Waals surface area contributed by atoms with Crippen molar-refractivity contribution in [2.45, 2.75) is 58.3 Å². The molecule has 0 aromatic rings. The van der Waals surface area contributed by atoms with E-state index >= 15 is 0 Å². The summed E-state index contributed by atoms with van der Waals surface area (Å²) in [7, 11) is 2.66. The Kier molecular flexibility index (Phi) is 7.63. The average molecular weight is 284 g/mol. The van der Waals surface area contributed by atoms with Gasteiger partial charge in [-0.15, -0.1) is 0 Å². The molecule has 0 aromatic heterocycles. The summed E-state index contributed by atoms with van der Waals surface area (Å²) in [6.45, 7) is 2.22. The lowest BCUT2D eigenvalue weighted by atomic mass is 9.74. The normalized spacial score (nSPS) is 22.6. The highest BCUT2D eigenvalue weighted by Gasteiger charge is 2.38. The van der Waals surface area contributed by atoms with Crippen molar-refractivity contribution in [3.8, 4) is 0 Å². The summed E-state index contributed by atoms with van der Waals surface area (Å²) in [6, 6.07) is 0. The third-order valence-corrected chi connectivity index (χ3v) is 4.49. The number of unbranched alkanes of at least 4 members (excludes halogenated alkanes) is 2. The first-order valence-electron chi connectivity index (χ1n) is 7.79. The van der Waals surface area contributed by atoms with Gasteiger partial charge in [-0.05, 0) is 24.7 Å². The Bertz CT molecular complexity index is 290. The molecule has 0 N–H and O–H groups in total. The number of ether oxygens (including phenoxy) is 2. The fourth-order valence-electron chi connectivity index (χ4n) is 3.23. The van der Waals surface area contributed by atoms with Crippen LogP contribution in [0.3, 0.4) is 0 Å². The number of hydrogen-bond donors (Lipinski definition) is 0. The second kappa shape index (κ2) is 8.98. The molecule has 0 aromatic carbocycles. The van der Waals surface area contributed by atoms with E-state index in [-0.39, 0.29) is 5.92 Å². The molecule has 1 aliphatic carbocycles. The lowest BCUT2D eigenvalue weighted by Crippen LogP contribution is -2.35. The Morgan fingerprint density at radius 1 is 1.00 bits per heavy atom. The highest BCUT2D eigenvalue weighted by Crippen LogP contribution is 2.36. The van der Waals surface area contributed by atoms with Gasteiger partial charge in [-0.25, -0.2) is 0 Å². The molecule has 1 fully saturated rings. The SMILES string of the molecule is CCCCCC1CCC(C(C(=O)OC)C(=O)OC)CC1. The maximum Gasteiger partial charge on any atom is 0.320 e. The van der Waals surface area contributed by atoms with E-state index < -0.39 is 17.9 Å². The van der Waals surface area contributed by atoms with Gasteiger partial charge in [-0.2, -0.15) is 0 Å². The van der Waals surface area contributed by atoms with E-state index in [1.165, 1.54) is 39.9 Å². The van der Waals surface area contributed by atoms with Crippen molar-refractivity contribution in [2.24, 2.45) is 17.8 Å². The van der Waals surface area contributed by atoms with E-state index in [4.69, 9.17) is 9.47 Å². The first-order chi connectivity index (χ1) is 9.63. The molecule has 0 heterocycles. The van der Waals surface area contributed by atoms with Crippen molar-refractivity contribution in [3.63, 3.8) is 0 Å². The van der Waals surface area contributed by atoms with E-state index in [0.717, 1.165) is 31.6 Å². The zero-order valence-corrected chi connectivity index (χ0v) is 13.0. The molecule has 0 saturated heterocycles. The number of methoxy groups -OCH3 is 2. The standard InChI is InChI=1S/C16H28O4/c1-4-5-6-7-12-8-10-13(11-9-12)14(15(17)19-2)16(18)20-3/h12-14H,4-11H2,1-3H3. The van der Waals surface area contributed by atoms with E-state index in [2.05, 4.69) is 6.92 Å². The van der Waals surface area contributed by atoms with Crippen LogP contribution in [0, 0.1) is 17.8 Å². The summed E-state index contributed by atoms with van der Waals surface area (Å²) in [5.41, 5.74) is 0. The topological polar surface area (TPSA) is 52.6 Å². The Hall–Kier alpha value is -1.06. The monoisotopic (exact) mass is 284 g/mol. The largest absolute Gasteiger partial charge is 0.468 e. The highest BCUT2D eigenvalue weighted by molar-refractivity contribution is 5.95. The third-order valence-electron chi connectivity index (χ3n) is 4.49. The second-order valence-electron chi connectivity index (χ2n) is 5.80. The molecule has 0 bridgehead atoms. The summed E-state index contributed by atoms with van der Waals surface area (Å²) < 4.78 is 9.51. The Morgan fingerprint density at radius 2 is 1.55 bits per heavy atom. The maximum absolute atomic E-state index is 11.8. The summed E-state index contributed by atoms with van der Waals surface area (Å²) in [4.78, 5) is 23.6. The first kappa shape index (κ1) is 17.0. The molecule has 1 rings (SSSR count). The minimum absolute atomic E-state index is 0.0809. The van der Waals surface area contributed by atoms with Gasteiger partial charge in [-0.1, -0.05) is 45.4 Å². The Balaban J connectivity index is 2.48. The van der Waals surface area contributed by atoms with Crippen LogP contribution in [0.5, 0.6) is 0 Å². The van der Waals surface area contributed by atoms with Gasteiger partial charge in [0.1, 0.15) is 0 Å². The van der Waals surface area contributed by atoms with Crippen molar-refractivity contribution < 1.29 is 19.1 Å². The zero-order valence-electron chi connectivity index (χ0n) is 13.0. The van der Waals surface area contributed by atoms with Crippen molar-refractivity contribution >= 4 is 11.9 Å². The molecule has 20 heavy (non-hydrogen) atoms. The molecule has 1 aliphatic rings. The van der Waals surface area contributed by atoms with Crippen LogP contribution in [-0.2, 0) is 19.1 Å². The van der Waals surface area contributed by atoms with Crippen LogP contribution in [0.25, 0.3) is 0 Å². The fourth-order valence-corrected chi connectivity index (χ4v) is 3.23. The van der Waals surface area contributed by atoms with Crippen molar-refractivity contribution in [1.29, 1.82) is 0 Å². The third kappa shape index (κ3) is 4.80. The quantitative estimate of drug-likeness (QED) is 0.409. The first-order valence-corrected chi connectivity index (χ1v) is 7.79. The predicted octanol–water partition coefficient (Wildman–Crippen LogP) is 3.34. The minimum atomic E-state index is -0.735. The summed E-state index contributed by atoms with van der Waals surface area (Å²) >= 11 is 0. The minimum Gasteiger partial charge on any atom is -0.468 e. The van der Waals surface area contributed by atoms with Gasteiger partial charge >= 0.3 is 11.9 Å². The molecular weight excluding hydrogens is 256 g/mol. The van der Waals surface area contributed by atoms with Crippen LogP contribution >= 0.6 is 0 Å². The van der Waals surface area contributed by atoms with Crippen LogP contribution in [0.15, 0.2) is 0 Å². The lowest BCUT2D eigenvalue weighted by molar-refractivity contribution is -0.162. The van der Waals surface area contributed by atoms with Crippen LogP contribution in [0.4, 0.5) is 0 Å². The molecule has 1 saturated carbocycles. The van der Waals surface area contributed by atoms with Gasteiger partial charge in [0.15, 0.2) is 5.92 Å². The number of carbonyl (C=O) groups excluding carboxylic acids is 2. The second-order valence-corrected chi connectivity index (χ2v) is 5.80. The maximum atomic E-state index is 11.8. The van der Waals surface area contributed by atoms with Crippen molar-refractivity contribution in [3.05, 3.63) is 0 Å². The molecular formula is C16H28O4. The van der Waals surface area contributed by atoms with Gasteiger partial charge < -0.3 is 9.47 Å². The van der Waals surface area contributed by atoms with Crippen LogP contribution in [0.1, 0.15) is 58.3 Å². The smallest absolute Gasteiger partial charge is 0.320 e. The summed E-state index contributed by atoms with van der Waals surface area (Å²) in [6.07, 6.45) is 9.19.